The van der Waals surface area contributed by atoms with Crippen molar-refractivity contribution in [3.63, 3.8) is 0 Å². The number of fused-ring (bicyclic) bond motifs is 1. The van der Waals surface area contributed by atoms with Gasteiger partial charge in [-0.1, -0.05) is 36.4 Å². The largest absolute Gasteiger partial charge is 0.423 e. The highest BCUT2D eigenvalue weighted by Crippen LogP contribution is 2.25. The second kappa shape index (κ2) is 5.75. The Bertz CT molecular complexity index is 757. The van der Waals surface area contributed by atoms with E-state index in [0.717, 1.165) is 29.4 Å². The zero-order chi connectivity index (χ0) is 14.6. The molecule has 20 heavy (non-hydrogen) atoms. The van der Waals surface area contributed by atoms with E-state index in [-0.39, 0.29) is 0 Å². The van der Waals surface area contributed by atoms with Gasteiger partial charge in [0.2, 0.25) is 0 Å². The summed E-state index contributed by atoms with van der Waals surface area (Å²) in [5, 5.41) is 1.73. The molecule has 0 saturated heterocycles. The molecule has 6 heteroatoms. The maximum absolute atomic E-state index is 11.6. The van der Waals surface area contributed by atoms with Crippen LogP contribution in [0.4, 0.5) is 0 Å². The van der Waals surface area contributed by atoms with Crippen molar-refractivity contribution in [1.82, 2.24) is 0 Å². The maximum atomic E-state index is 11.6. The number of carbonyl (C=O) groups excluding carboxylic acids is 1. The Morgan fingerprint density at radius 3 is 2.55 bits per heavy atom. The van der Waals surface area contributed by atoms with Crippen LogP contribution in [0.15, 0.2) is 54.8 Å². The van der Waals surface area contributed by atoms with Crippen molar-refractivity contribution < 1.29 is 22.1 Å². The third-order valence-electron chi connectivity index (χ3n) is 2.39. The van der Waals surface area contributed by atoms with Gasteiger partial charge < -0.3 is 8.92 Å². The molecular formula is C14H12O5S. The molecule has 5 nitrogen and oxygen atoms in total. The fourth-order valence-corrected chi connectivity index (χ4v) is 1.87. The van der Waals surface area contributed by atoms with Crippen LogP contribution in [0.25, 0.3) is 10.8 Å². The monoisotopic (exact) mass is 292 g/mol. The summed E-state index contributed by atoms with van der Waals surface area (Å²) < 4.78 is 30.9. The van der Waals surface area contributed by atoms with Crippen molar-refractivity contribution in [2.75, 3.05) is 6.26 Å². The van der Waals surface area contributed by atoms with Crippen molar-refractivity contribution in [3.05, 3.63) is 54.8 Å². The molecule has 0 heterocycles. The van der Waals surface area contributed by atoms with E-state index in [9.17, 15) is 13.2 Å². The average Bonchev–Trinajstić information content (AvgIpc) is 2.37. The summed E-state index contributed by atoms with van der Waals surface area (Å²) in [6.45, 7) is 0. The molecule has 0 amide bonds. The number of ether oxygens (including phenoxy) is 1. The molecule has 0 aliphatic heterocycles. The fourth-order valence-electron chi connectivity index (χ4n) is 1.61. The summed E-state index contributed by atoms with van der Waals surface area (Å²) in [4.78, 5) is 11.6. The Morgan fingerprint density at radius 2 is 1.80 bits per heavy atom. The molecule has 0 atom stereocenters. The van der Waals surface area contributed by atoms with Crippen LogP contribution in [0.1, 0.15) is 0 Å². The van der Waals surface area contributed by atoms with Gasteiger partial charge in [-0.25, -0.2) is 4.79 Å². The predicted octanol–water partition coefficient (Wildman–Crippen LogP) is 2.24. The second-order valence-corrected chi connectivity index (χ2v) is 5.60. The first-order chi connectivity index (χ1) is 9.46. The highest BCUT2D eigenvalue weighted by Gasteiger charge is 2.05. The molecule has 0 bridgehead atoms. The first-order valence-electron chi connectivity index (χ1n) is 5.70. The molecule has 0 unspecified atom stereocenters. The van der Waals surface area contributed by atoms with Gasteiger partial charge in [0.25, 0.3) is 0 Å². The SMILES string of the molecule is CS(=O)(=O)OC=CC(=O)Oc1cccc2ccccc12. The highest BCUT2D eigenvalue weighted by molar-refractivity contribution is 7.86. The Morgan fingerprint density at radius 1 is 1.10 bits per heavy atom. The van der Waals surface area contributed by atoms with Crippen LogP contribution in [0.5, 0.6) is 5.75 Å². The quantitative estimate of drug-likeness (QED) is 0.284. The summed E-state index contributed by atoms with van der Waals surface area (Å²) in [6, 6.07) is 12.8. The molecule has 0 radical (unpaired) electrons. The van der Waals surface area contributed by atoms with E-state index in [0.29, 0.717) is 5.75 Å². The molecule has 2 aromatic carbocycles. The molecule has 0 aliphatic carbocycles. The van der Waals surface area contributed by atoms with Gasteiger partial charge in [-0.05, 0) is 11.5 Å². The summed E-state index contributed by atoms with van der Waals surface area (Å²) >= 11 is 0. The van der Waals surface area contributed by atoms with Gasteiger partial charge >= 0.3 is 16.1 Å². The van der Waals surface area contributed by atoms with E-state index in [1.54, 1.807) is 12.1 Å². The zero-order valence-corrected chi connectivity index (χ0v) is 11.5. The first kappa shape index (κ1) is 14.1. The zero-order valence-electron chi connectivity index (χ0n) is 10.6. The van der Waals surface area contributed by atoms with Crippen LogP contribution in [0.3, 0.4) is 0 Å². The number of hydrogen-bond donors (Lipinski definition) is 0. The highest BCUT2D eigenvalue weighted by atomic mass is 32.2. The van der Waals surface area contributed by atoms with E-state index < -0.39 is 16.1 Å². The Kier molecular flexibility index (Phi) is 4.05. The molecule has 0 aromatic heterocycles. The van der Waals surface area contributed by atoms with Crippen molar-refractivity contribution in [2.45, 2.75) is 0 Å². The van der Waals surface area contributed by atoms with Crippen LogP contribution in [-0.4, -0.2) is 20.6 Å². The van der Waals surface area contributed by atoms with Gasteiger partial charge in [-0.15, -0.1) is 0 Å². The van der Waals surface area contributed by atoms with Gasteiger partial charge in [0.15, 0.2) is 0 Å². The number of rotatable bonds is 4. The predicted molar refractivity (Wildman–Crippen MR) is 74.7 cm³/mol. The van der Waals surface area contributed by atoms with Crippen LogP contribution >= 0.6 is 0 Å². The lowest BCUT2D eigenvalue weighted by Crippen LogP contribution is -2.05. The van der Waals surface area contributed by atoms with Crippen molar-refractivity contribution >= 4 is 26.9 Å². The minimum absolute atomic E-state index is 0.400. The minimum atomic E-state index is -3.62. The lowest BCUT2D eigenvalue weighted by molar-refractivity contribution is -0.128. The van der Waals surface area contributed by atoms with Crippen molar-refractivity contribution in [3.8, 4) is 5.75 Å². The van der Waals surface area contributed by atoms with E-state index in [1.807, 2.05) is 30.3 Å². The average molecular weight is 292 g/mol. The maximum Gasteiger partial charge on any atom is 0.339 e. The molecule has 0 fully saturated rings. The fraction of sp³-hybridized carbons (Fsp3) is 0.0714. The van der Waals surface area contributed by atoms with E-state index in [1.165, 1.54) is 0 Å². The Labute approximate surface area is 116 Å². The van der Waals surface area contributed by atoms with Gasteiger partial charge in [-0.3, -0.25) is 0 Å². The van der Waals surface area contributed by atoms with E-state index in [2.05, 4.69) is 4.18 Å². The molecule has 0 spiro atoms. The lowest BCUT2D eigenvalue weighted by Gasteiger charge is -2.05. The Balaban J connectivity index is 2.14. The molecular weight excluding hydrogens is 280 g/mol. The standard InChI is InChI=1S/C14H12O5S/c1-20(16,17)18-10-9-14(15)19-13-8-4-6-11-5-2-3-7-12(11)13/h2-10H,1H3. The van der Waals surface area contributed by atoms with Crippen molar-refractivity contribution in [1.29, 1.82) is 0 Å². The van der Waals surface area contributed by atoms with E-state index >= 15 is 0 Å². The third-order valence-corrected chi connectivity index (χ3v) is 2.86. The van der Waals surface area contributed by atoms with Gasteiger partial charge in [0.05, 0.1) is 12.3 Å². The van der Waals surface area contributed by atoms with Crippen LogP contribution < -0.4 is 4.74 Å². The van der Waals surface area contributed by atoms with Crippen LogP contribution in [0, 0.1) is 0 Å². The van der Waals surface area contributed by atoms with E-state index in [4.69, 9.17) is 4.74 Å². The normalized spacial score (nSPS) is 11.7. The summed E-state index contributed by atoms with van der Waals surface area (Å²) in [6.07, 6.45) is 2.57. The topological polar surface area (TPSA) is 69.7 Å². The molecule has 0 aliphatic rings. The summed E-state index contributed by atoms with van der Waals surface area (Å²) in [5.41, 5.74) is 0. The number of hydrogen-bond acceptors (Lipinski definition) is 5. The molecule has 0 N–H and O–H groups in total. The van der Waals surface area contributed by atoms with Crippen LogP contribution in [0.2, 0.25) is 0 Å². The second-order valence-electron chi connectivity index (χ2n) is 4.00. The third kappa shape index (κ3) is 3.83. The van der Waals surface area contributed by atoms with Crippen molar-refractivity contribution in [2.24, 2.45) is 0 Å². The number of carbonyl (C=O) groups is 1. The van der Waals surface area contributed by atoms with Crippen LogP contribution in [-0.2, 0) is 19.1 Å². The summed E-state index contributed by atoms with van der Waals surface area (Å²) in [5.74, 6) is -0.317. The number of benzene rings is 2. The van der Waals surface area contributed by atoms with Gasteiger partial charge in [0, 0.05) is 5.39 Å². The first-order valence-corrected chi connectivity index (χ1v) is 7.52. The molecule has 104 valence electrons. The molecule has 2 aromatic rings. The molecule has 2 rings (SSSR count). The number of esters is 1. The lowest BCUT2D eigenvalue weighted by atomic mass is 10.1. The summed E-state index contributed by atoms with van der Waals surface area (Å²) in [7, 11) is -3.62. The molecule has 0 saturated carbocycles. The van der Waals surface area contributed by atoms with Gasteiger partial charge in [0.1, 0.15) is 12.0 Å². The van der Waals surface area contributed by atoms with Gasteiger partial charge in [-0.2, -0.15) is 8.42 Å². The Hall–Kier alpha value is -2.34. The minimum Gasteiger partial charge on any atom is -0.423 e. The smallest absolute Gasteiger partial charge is 0.339 e.